The van der Waals surface area contributed by atoms with Gasteiger partial charge >= 0.3 is 0 Å². The minimum atomic E-state index is -0.930. The molecule has 0 aliphatic carbocycles. The Morgan fingerprint density at radius 1 is 1.20 bits per heavy atom. The van der Waals surface area contributed by atoms with Crippen molar-refractivity contribution in [3.05, 3.63) is 17.7 Å². The van der Waals surface area contributed by atoms with E-state index in [1.165, 1.54) is 31.3 Å². The Labute approximate surface area is 116 Å². The number of anilines is 1. The number of hydrogen-bond donors (Lipinski definition) is 3. The average Bonchev–Trinajstić information content (AvgIpc) is 2.77. The van der Waals surface area contributed by atoms with Gasteiger partial charge in [0.05, 0.1) is 32.0 Å². The van der Waals surface area contributed by atoms with Crippen LogP contribution in [0.5, 0.6) is 11.5 Å². The summed E-state index contributed by atoms with van der Waals surface area (Å²) in [5, 5.41) is 19.0. The molecule has 0 radical (unpaired) electrons. The molecule has 1 aliphatic heterocycles. The first kappa shape index (κ1) is 14.4. The molecule has 0 spiro atoms. The molecule has 0 unspecified atom stereocenters. The fraction of sp³-hybridized carbons (Fsp3) is 0.462. The summed E-state index contributed by atoms with van der Waals surface area (Å²) in [5.74, 6) is 0.465. The number of β-amino-alcohol motifs (C(OH)–C–C–N with tert-alkyl or cyclic N) is 2. The summed E-state index contributed by atoms with van der Waals surface area (Å²) in [6.07, 6.45) is -1.86. The normalized spacial score (nSPS) is 21.9. The molecule has 7 nitrogen and oxygen atoms in total. The molecule has 1 heterocycles. The number of hydrogen-bond acceptors (Lipinski definition) is 6. The summed E-state index contributed by atoms with van der Waals surface area (Å²) in [7, 11) is 2.94. The molecular weight excluding hydrogens is 264 g/mol. The smallest absolute Gasteiger partial charge is 0.256 e. The quantitative estimate of drug-likeness (QED) is 0.643. The number of carbonyl (C=O) groups is 1. The number of nitrogen functional groups attached to an aromatic ring is 1. The fourth-order valence-corrected chi connectivity index (χ4v) is 2.19. The highest BCUT2D eigenvalue weighted by molar-refractivity contribution is 6.00. The molecule has 1 aromatic carbocycles. The predicted molar refractivity (Wildman–Crippen MR) is 71.9 cm³/mol. The van der Waals surface area contributed by atoms with Crippen LogP contribution in [0.3, 0.4) is 0 Å². The molecule has 1 saturated heterocycles. The zero-order chi connectivity index (χ0) is 14.9. The third-order valence-electron chi connectivity index (χ3n) is 3.33. The van der Waals surface area contributed by atoms with Gasteiger partial charge in [-0.2, -0.15) is 0 Å². The van der Waals surface area contributed by atoms with E-state index >= 15 is 0 Å². The Bertz CT molecular complexity index is 510. The van der Waals surface area contributed by atoms with E-state index in [2.05, 4.69) is 0 Å². The van der Waals surface area contributed by atoms with Crippen molar-refractivity contribution in [2.75, 3.05) is 33.0 Å². The number of rotatable bonds is 3. The summed E-state index contributed by atoms with van der Waals surface area (Å²) >= 11 is 0. The molecule has 1 fully saturated rings. The molecular formula is C13H18N2O5. The maximum atomic E-state index is 12.4. The molecule has 20 heavy (non-hydrogen) atoms. The van der Waals surface area contributed by atoms with Crippen LogP contribution in [-0.2, 0) is 0 Å². The third-order valence-corrected chi connectivity index (χ3v) is 3.33. The lowest BCUT2D eigenvalue weighted by Crippen LogP contribution is -2.30. The maximum Gasteiger partial charge on any atom is 0.256 e. The van der Waals surface area contributed by atoms with E-state index in [-0.39, 0.29) is 30.2 Å². The molecule has 0 saturated carbocycles. The lowest BCUT2D eigenvalue weighted by molar-refractivity contribution is 0.0572. The van der Waals surface area contributed by atoms with Crippen LogP contribution in [0, 0.1) is 0 Å². The number of methoxy groups -OCH3 is 2. The molecule has 0 aromatic heterocycles. The first-order valence-electron chi connectivity index (χ1n) is 6.14. The number of nitrogens with two attached hydrogens (primary N) is 1. The van der Waals surface area contributed by atoms with Gasteiger partial charge in [-0.3, -0.25) is 4.79 Å². The van der Waals surface area contributed by atoms with Gasteiger partial charge in [-0.25, -0.2) is 0 Å². The number of nitrogens with zero attached hydrogens (tertiary/aromatic N) is 1. The largest absolute Gasteiger partial charge is 0.493 e. The Kier molecular flexibility index (Phi) is 4.01. The minimum absolute atomic E-state index is 0.0772. The van der Waals surface area contributed by atoms with E-state index in [1.807, 2.05) is 0 Å². The lowest BCUT2D eigenvalue weighted by Gasteiger charge is -2.18. The Hall–Kier alpha value is -1.99. The van der Waals surface area contributed by atoms with Crippen LogP contribution in [0.25, 0.3) is 0 Å². The highest BCUT2D eigenvalue weighted by Crippen LogP contribution is 2.32. The van der Waals surface area contributed by atoms with Gasteiger partial charge in [-0.05, 0) is 6.07 Å². The number of benzene rings is 1. The molecule has 1 aromatic rings. The molecule has 2 atom stereocenters. The monoisotopic (exact) mass is 282 g/mol. The molecule has 0 bridgehead atoms. The first-order valence-corrected chi connectivity index (χ1v) is 6.14. The molecule has 7 heteroatoms. The molecule has 110 valence electrons. The fourth-order valence-electron chi connectivity index (χ4n) is 2.19. The van der Waals surface area contributed by atoms with Gasteiger partial charge < -0.3 is 30.3 Å². The summed E-state index contributed by atoms with van der Waals surface area (Å²) in [6.45, 7) is 0.154. The zero-order valence-corrected chi connectivity index (χ0v) is 11.4. The SMILES string of the molecule is COc1cc(N)c(C(=O)N2C[C@@H](O)[C@@H](O)C2)cc1OC. The van der Waals surface area contributed by atoms with Crippen molar-refractivity contribution < 1.29 is 24.5 Å². The topological polar surface area (TPSA) is 105 Å². The van der Waals surface area contributed by atoms with Gasteiger partial charge in [0.25, 0.3) is 5.91 Å². The van der Waals surface area contributed by atoms with Crippen LogP contribution < -0.4 is 15.2 Å². The number of aliphatic hydroxyl groups is 2. The zero-order valence-electron chi connectivity index (χ0n) is 11.4. The number of aliphatic hydroxyl groups excluding tert-OH is 2. The lowest BCUT2D eigenvalue weighted by atomic mass is 10.1. The number of likely N-dealkylation sites (tertiary alicyclic amines) is 1. The number of ether oxygens (including phenoxy) is 2. The molecule has 4 N–H and O–H groups in total. The van der Waals surface area contributed by atoms with Crippen molar-refractivity contribution in [3.8, 4) is 11.5 Å². The maximum absolute atomic E-state index is 12.4. The van der Waals surface area contributed by atoms with E-state index in [1.54, 1.807) is 0 Å². The van der Waals surface area contributed by atoms with Crippen LogP contribution >= 0.6 is 0 Å². The van der Waals surface area contributed by atoms with Crippen LogP contribution in [-0.4, -0.2) is 60.5 Å². The average molecular weight is 282 g/mol. The van der Waals surface area contributed by atoms with E-state index in [0.717, 1.165) is 0 Å². The molecule has 1 aliphatic rings. The highest BCUT2D eigenvalue weighted by atomic mass is 16.5. The summed E-state index contributed by atoms with van der Waals surface area (Å²) in [4.78, 5) is 13.7. The van der Waals surface area contributed by atoms with E-state index in [0.29, 0.717) is 11.5 Å². The standard InChI is InChI=1S/C13H18N2O5/c1-19-11-3-7(8(14)4-12(11)20-2)13(18)15-5-9(16)10(17)6-15/h3-4,9-10,16-17H,5-6,14H2,1-2H3/t9-,10+. The van der Waals surface area contributed by atoms with Crippen molar-refractivity contribution in [2.24, 2.45) is 0 Å². The van der Waals surface area contributed by atoms with Gasteiger partial charge in [0.15, 0.2) is 11.5 Å². The van der Waals surface area contributed by atoms with Gasteiger partial charge in [-0.15, -0.1) is 0 Å². The first-order chi connectivity index (χ1) is 9.47. The van der Waals surface area contributed by atoms with Crippen molar-refractivity contribution in [3.63, 3.8) is 0 Å². The van der Waals surface area contributed by atoms with Crippen molar-refractivity contribution >= 4 is 11.6 Å². The van der Waals surface area contributed by atoms with Crippen LogP contribution in [0.2, 0.25) is 0 Å². The second-order valence-electron chi connectivity index (χ2n) is 4.64. The van der Waals surface area contributed by atoms with Crippen LogP contribution in [0.4, 0.5) is 5.69 Å². The van der Waals surface area contributed by atoms with E-state index in [9.17, 15) is 15.0 Å². The predicted octanol–water partition coefficient (Wildman–Crippen LogP) is -0.536. The summed E-state index contributed by atoms with van der Waals surface area (Å²) in [5.41, 5.74) is 6.36. The Morgan fingerprint density at radius 3 is 2.20 bits per heavy atom. The van der Waals surface area contributed by atoms with Crippen molar-refractivity contribution in [1.29, 1.82) is 0 Å². The highest BCUT2D eigenvalue weighted by Gasteiger charge is 2.33. The van der Waals surface area contributed by atoms with Crippen LogP contribution in [0.15, 0.2) is 12.1 Å². The molecule has 1 amide bonds. The molecule has 2 rings (SSSR count). The second-order valence-corrected chi connectivity index (χ2v) is 4.64. The third kappa shape index (κ3) is 2.50. The number of carbonyl (C=O) groups excluding carboxylic acids is 1. The van der Waals surface area contributed by atoms with Crippen molar-refractivity contribution in [1.82, 2.24) is 4.90 Å². The van der Waals surface area contributed by atoms with Gasteiger partial charge in [0.1, 0.15) is 0 Å². The van der Waals surface area contributed by atoms with E-state index < -0.39 is 12.2 Å². The summed E-state index contributed by atoms with van der Waals surface area (Å²) < 4.78 is 10.2. The Balaban J connectivity index is 2.30. The second kappa shape index (κ2) is 5.56. The van der Waals surface area contributed by atoms with Gasteiger partial charge in [0.2, 0.25) is 0 Å². The van der Waals surface area contributed by atoms with Crippen molar-refractivity contribution in [2.45, 2.75) is 12.2 Å². The van der Waals surface area contributed by atoms with Gasteiger partial charge in [0, 0.05) is 24.8 Å². The van der Waals surface area contributed by atoms with Crippen LogP contribution in [0.1, 0.15) is 10.4 Å². The van der Waals surface area contributed by atoms with E-state index in [4.69, 9.17) is 15.2 Å². The Morgan fingerprint density at radius 2 is 1.70 bits per heavy atom. The number of amides is 1. The minimum Gasteiger partial charge on any atom is -0.493 e. The van der Waals surface area contributed by atoms with Gasteiger partial charge in [-0.1, -0.05) is 0 Å². The summed E-state index contributed by atoms with van der Waals surface area (Å²) in [6, 6.07) is 3.00.